The Balaban J connectivity index is 0.00000107. The fourth-order valence-corrected chi connectivity index (χ4v) is 4.77. The summed E-state index contributed by atoms with van der Waals surface area (Å²) < 4.78 is 1.51. The van der Waals surface area contributed by atoms with Crippen LogP contribution in [0.1, 0.15) is 106 Å². The van der Waals surface area contributed by atoms with Gasteiger partial charge in [-0.1, -0.05) is 126 Å². The Morgan fingerprint density at radius 3 is 1.73 bits per heavy atom. The van der Waals surface area contributed by atoms with Gasteiger partial charge in [0.1, 0.15) is 0 Å². The van der Waals surface area contributed by atoms with Gasteiger partial charge in [-0.15, -0.1) is 33.7 Å². The standard InChI is InChI=1S/C31H39.C3H6.2ClH.Zr/c1-19-13-22(30(5,6)7)16-24(19)27-17-23(31(8,9)10)18-28-25-15-21(29(2,3)4)12-11-20(25)14-26(27)28;1-3-2;;;/h11-15,17-18H,16H2,1-10H3;1-2H3;2*1H;/q-1;;;;+2/p-2. The Morgan fingerprint density at radius 1 is 0.757 bits per heavy atom. The summed E-state index contributed by atoms with van der Waals surface area (Å²) in [6.45, 7) is 27.5. The number of rotatable bonds is 1. The number of allylic oxidation sites excluding steroid dienone is 4. The third-order valence-corrected chi connectivity index (χ3v) is 7.08. The van der Waals surface area contributed by atoms with Gasteiger partial charge < -0.3 is 24.8 Å². The van der Waals surface area contributed by atoms with E-state index in [0.717, 1.165) is 6.42 Å². The molecule has 37 heavy (non-hydrogen) atoms. The van der Waals surface area contributed by atoms with E-state index in [2.05, 4.69) is 126 Å². The molecule has 0 spiro atoms. The molecule has 0 unspecified atom stereocenters. The molecule has 1 aliphatic carbocycles. The van der Waals surface area contributed by atoms with Crippen molar-refractivity contribution in [1.29, 1.82) is 0 Å². The van der Waals surface area contributed by atoms with Gasteiger partial charge in [-0.3, -0.25) is 0 Å². The van der Waals surface area contributed by atoms with Gasteiger partial charge in [-0.2, -0.15) is 0 Å². The molecule has 0 heterocycles. The molecule has 0 amide bonds. The number of halogens is 2. The molecule has 0 radical (unpaired) electrons. The fraction of sp³-hybridized carbons (Fsp3) is 0.471. The van der Waals surface area contributed by atoms with Crippen LogP contribution in [0.5, 0.6) is 0 Å². The molecule has 1 aliphatic rings. The average Bonchev–Trinajstić information content (AvgIpc) is 3.25. The molecule has 0 N–H and O–H groups in total. The second kappa shape index (κ2) is 12.1. The normalized spacial score (nSPS) is 14.2. The molecular weight excluding hydrogens is 571 g/mol. The van der Waals surface area contributed by atoms with Crippen molar-refractivity contribution >= 4 is 30.3 Å². The summed E-state index contributed by atoms with van der Waals surface area (Å²) in [4.78, 5) is 0. The Bertz CT molecular complexity index is 1340. The molecular formula is C34H45Cl2Zr-. The Labute approximate surface area is 253 Å². The van der Waals surface area contributed by atoms with Crippen molar-refractivity contribution < 1.29 is 49.0 Å². The zero-order valence-corrected chi connectivity index (χ0v) is 29.0. The summed E-state index contributed by atoms with van der Waals surface area (Å²) in [7, 11) is 0. The first kappa shape index (κ1) is 34.2. The Hall–Kier alpha value is -0.877. The minimum atomic E-state index is 0. The zero-order chi connectivity index (χ0) is 26.5. The maximum absolute atomic E-state index is 2.48. The van der Waals surface area contributed by atoms with E-state index in [4.69, 9.17) is 0 Å². The second-order valence-electron chi connectivity index (χ2n) is 13.7. The van der Waals surface area contributed by atoms with Gasteiger partial charge >= 0.3 is 41.3 Å². The van der Waals surface area contributed by atoms with E-state index < -0.39 is 0 Å². The SMILES string of the molecule is CC1=C(c2cc(C(C)(C)C)cc3c2[cH-]c2ccc(C(C)(C)C)cc23)CC(C(C)(C)C)=C1.C[C](C)=[Zr+2].[Cl-].[Cl-]. The van der Waals surface area contributed by atoms with Crippen LogP contribution in [0.15, 0.2) is 53.6 Å². The predicted octanol–water partition coefficient (Wildman–Crippen LogP) is 4.21. The molecule has 3 aromatic rings. The van der Waals surface area contributed by atoms with Gasteiger partial charge in [0, 0.05) is 0 Å². The van der Waals surface area contributed by atoms with Crippen LogP contribution in [0, 0.1) is 5.41 Å². The summed E-state index contributed by atoms with van der Waals surface area (Å²) in [5.74, 6) is 0. The summed E-state index contributed by atoms with van der Waals surface area (Å²) in [6.07, 6.45) is 3.50. The van der Waals surface area contributed by atoms with E-state index in [1.54, 1.807) is 29.8 Å². The maximum Gasteiger partial charge on any atom is -1.00 e. The second-order valence-corrected chi connectivity index (χ2v) is 16.1. The van der Waals surface area contributed by atoms with Crippen molar-refractivity contribution in [2.75, 3.05) is 0 Å². The largest absolute Gasteiger partial charge is 1.00 e. The van der Waals surface area contributed by atoms with Gasteiger partial charge in [0.25, 0.3) is 0 Å². The van der Waals surface area contributed by atoms with E-state index in [1.165, 1.54) is 52.6 Å². The minimum Gasteiger partial charge on any atom is -1.00 e. The maximum atomic E-state index is 2.48. The van der Waals surface area contributed by atoms with Gasteiger partial charge in [0.15, 0.2) is 0 Å². The number of fused-ring (bicyclic) bond motifs is 3. The van der Waals surface area contributed by atoms with Gasteiger partial charge in [-0.25, -0.2) is 0 Å². The summed E-state index contributed by atoms with van der Waals surface area (Å²) >= 11 is 1.55. The van der Waals surface area contributed by atoms with Gasteiger partial charge in [-0.05, 0) is 29.6 Å². The molecule has 200 valence electrons. The van der Waals surface area contributed by atoms with Crippen LogP contribution >= 0.6 is 0 Å². The quantitative estimate of drug-likeness (QED) is 0.360. The molecule has 0 fully saturated rings. The van der Waals surface area contributed by atoms with E-state index in [0.29, 0.717) is 0 Å². The molecule has 4 rings (SSSR count). The number of hydrogen-bond donors (Lipinski definition) is 0. The van der Waals surface area contributed by atoms with E-state index in [-0.39, 0.29) is 41.1 Å². The van der Waals surface area contributed by atoms with Crippen molar-refractivity contribution in [2.45, 2.75) is 100 Å². The third-order valence-electron chi connectivity index (χ3n) is 7.08. The first-order valence-electron chi connectivity index (χ1n) is 13.0. The Morgan fingerprint density at radius 2 is 1.27 bits per heavy atom. The van der Waals surface area contributed by atoms with E-state index >= 15 is 0 Å². The summed E-state index contributed by atoms with van der Waals surface area (Å²) in [6, 6.07) is 14.4. The Kier molecular flexibility index (Phi) is 11.2. The molecule has 0 aromatic heterocycles. The predicted molar refractivity (Wildman–Crippen MR) is 156 cm³/mol. The van der Waals surface area contributed by atoms with Crippen molar-refractivity contribution in [1.82, 2.24) is 0 Å². The minimum absolute atomic E-state index is 0. The summed E-state index contributed by atoms with van der Waals surface area (Å²) in [5.41, 5.74) is 9.22. The molecule has 3 heteroatoms. The van der Waals surface area contributed by atoms with Crippen molar-refractivity contribution in [2.24, 2.45) is 5.41 Å². The van der Waals surface area contributed by atoms with Crippen LogP contribution in [0.25, 0.3) is 27.1 Å². The van der Waals surface area contributed by atoms with E-state index in [1.807, 2.05) is 0 Å². The van der Waals surface area contributed by atoms with Crippen molar-refractivity contribution in [3.05, 3.63) is 70.3 Å². The number of benzene rings is 2. The van der Waals surface area contributed by atoms with Crippen molar-refractivity contribution in [3.8, 4) is 0 Å². The third kappa shape index (κ3) is 7.84. The molecule has 3 aromatic carbocycles. The molecule has 0 bridgehead atoms. The van der Waals surface area contributed by atoms with Crippen LogP contribution in [0.4, 0.5) is 0 Å². The zero-order valence-electron chi connectivity index (χ0n) is 25.0. The molecule has 0 aliphatic heterocycles. The first-order chi connectivity index (χ1) is 15.9. The monoisotopic (exact) mass is 613 g/mol. The summed E-state index contributed by atoms with van der Waals surface area (Å²) in [5, 5.41) is 5.57. The fourth-order valence-electron chi connectivity index (χ4n) is 4.77. The van der Waals surface area contributed by atoms with E-state index in [9.17, 15) is 0 Å². The van der Waals surface area contributed by atoms with Crippen LogP contribution in [0.3, 0.4) is 0 Å². The van der Waals surface area contributed by atoms with Crippen LogP contribution in [-0.4, -0.2) is 3.21 Å². The van der Waals surface area contributed by atoms with Crippen molar-refractivity contribution in [3.63, 3.8) is 0 Å². The molecule has 0 saturated heterocycles. The topological polar surface area (TPSA) is 0 Å². The molecule has 0 saturated carbocycles. The molecule has 0 atom stereocenters. The smallest absolute Gasteiger partial charge is 1.00 e. The van der Waals surface area contributed by atoms with Gasteiger partial charge in [0.05, 0.1) is 0 Å². The average molecular weight is 616 g/mol. The molecule has 0 nitrogen and oxygen atoms in total. The van der Waals surface area contributed by atoms with Crippen LogP contribution in [-0.2, 0) is 35.1 Å². The van der Waals surface area contributed by atoms with Gasteiger partial charge in [0.2, 0.25) is 0 Å². The van der Waals surface area contributed by atoms with Crippen LogP contribution < -0.4 is 24.8 Å². The van der Waals surface area contributed by atoms with Crippen LogP contribution in [0.2, 0.25) is 0 Å². The first-order valence-corrected chi connectivity index (χ1v) is 14.2. The number of hydrogen-bond acceptors (Lipinski definition) is 0.